The van der Waals surface area contributed by atoms with Crippen LogP contribution >= 0.6 is 0 Å². The predicted octanol–water partition coefficient (Wildman–Crippen LogP) is 3.14. The molecule has 0 N–H and O–H groups in total. The van der Waals surface area contributed by atoms with Crippen LogP contribution in [0.25, 0.3) is 5.69 Å². The number of nitrogens with zero attached hydrogens (tertiary/aromatic N) is 4. The average Bonchev–Trinajstić information content (AvgIpc) is 3.37. The number of rotatable bonds is 5. The van der Waals surface area contributed by atoms with Gasteiger partial charge in [0.1, 0.15) is 17.3 Å². The first-order valence-electron chi connectivity index (χ1n) is 8.67. The molecular formula is C18H24N4O. The summed E-state index contributed by atoms with van der Waals surface area (Å²) in [5.74, 6) is 3.45. The Bertz CT molecular complexity index is 671. The van der Waals surface area contributed by atoms with Crippen LogP contribution in [0.3, 0.4) is 0 Å². The lowest BCUT2D eigenvalue weighted by molar-refractivity contribution is 0.214. The number of para-hydroxylation sites is 2. The van der Waals surface area contributed by atoms with Gasteiger partial charge in [-0.15, -0.1) is 0 Å². The minimum atomic E-state index is 0.561. The zero-order valence-electron chi connectivity index (χ0n) is 13.7. The van der Waals surface area contributed by atoms with Gasteiger partial charge in [0.05, 0.1) is 13.7 Å². The zero-order chi connectivity index (χ0) is 15.6. The summed E-state index contributed by atoms with van der Waals surface area (Å²) in [5, 5.41) is 4.82. The minimum Gasteiger partial charge on any atom is -0.494 e. The molecule has 23 heavy (non-hydrogen) atoms. The lowest BCUT2D eigenvalue weighted by atomic mass is 10.1. The van der Waals surface area contributed by atoms with Crippen LogP contribution in [0.4, 0.5) is 0 Å². The number of aromatic nitrogens is 3. The molecule has 2 aromatic rings. The Labute approximate surface area is 137 Å². The molecule has 5 heteroatoms. The van der Waals surface area contributed by atoms with Crippen LogP contribution in [0.2, 0.25) is 0 Å². The Morgan fingerprint density at radius 2 is 1.91 bits per heavy atom. The number of methoxy groups -OCH3 is 1. The molecular weight excluding hydrogens is 288 g/mol. The van der Waals surface area contributed by atoms with Crippen LogP contribution in [0.1, 0.15) is 49.7 Å². The smallest absolute Gasteiger partial charge is 0.154 e. The average molecular weight is 312 g/mol. The largest absolute Gasteiger partial charge is 0.494 e. The molecule has 2 heterocycles. The summed E-state index contributed by atoms with van der Waals surface area (Å²) >= 11 is 0. The Morgan fingerprint density at radius 3 is 2.65 bits per heavy atom. The van der Waals surface area contributed by atoms with E-state index in [9.17, 15) is 0 Å². The highest BCUT2D eigenvalue weighted by Crippen LogP contribution is 2.38. The van der Waals surface area contributed by atoms with Crippen molar-refractivity contribution < 1.29 is 4.74 Å². The molecule has 4 rings (SSSR count). The van der Waals surface area contributed by atoms with E-state index in [1.54, 1.807) is 7.11 Å². The molecule has 122 valence electrons. The maximum Gasteiger partial charge on any atom is 0.154 e. The Hall–Kier alpha value is -1.88. The molecule has 0 atom stereocenters. The minimum absolute atomic E-state index is 0.561. The van der Waals surface area contributed by atoms with Crippen molar-refractivity contribution >= 4 is 0 Å². The van der Waals surface area contributed by atoms with Crippen LogP contribution in [0, 0.1) is 0 Å². The number of piperidine rings is 1. The van der Waals surface area contributed by atoms with E-state index in [2.05, 4.69) is 11.0 Å². The molecule has 0 spiro atoms. The second-order valence-corrected chi connectivity index (χ2v) is 6.58. The molecule has 5 nitrogen and oxygen atoms in total. The van der Waals surface area contributed by atoms with Gasteiger partial charge in [0.2, 0.25) is 0 Å². The van der Waals surface area contributed by atoms with Crippen molar-refractivity contribution in [3.05, 3.63) is 35.9 Å². The lowest BCUT2D eigenvalue weighted by Crippen LogP contribution is -2.30. The summed E-state index contributed by atoms with van der Waals surface area (Å²) in [6.07, 6.45) is 6.37. The van der Waals surface area contributed by atoms with Crippen LogP contribution in [0.5, 0.6) is 5.75 Å². The first-order chi connectivity index (χ1) is 11.3. The van der Waals surface area contributed by atoms with Gasteiger partial charge in [0.25, 0.3) is 0 Å². The van der Waals surface area contributed by atoms with E-state index in [1.165, 1.54) is 32.1 Å². The van der Waals surface area contributed by atoms with Crippen molar-refractivity contribution in [2.75, 3.05) is 20.2 Å². The first-order valence-corrected chi connectivity index (χ1v) is 8.67. The van der Waals surface area contributed by atoms with E-state index in [1.807, 2.05) is 22.9 Å². The zero-order valence-corrected chi connectivity index (χ0v) is 13.7. The Kier molecular flexibility index (Phi) is 4.04. The fourth-order valence-electron chi connectivity index (χ4n) is 3.29. The van der Waals surface area contributed by atoms with Gasteiger partial charge in [-0.2, -0.15) is 5.10 Å². The van der Waals surface area contributed by atoms with Gasteiger partial charge in [0, 0.05) is 5.92 Å². The fourth-order valence-corrected chi connectivity index (χ4v) is 3.29. The van der Waals surface area contributed by atoms with Gasteiger partial charge in [-0.05, 0) is 50.9 Å². The van der Waals surface area contributed by atoms with Gasteiger partial charge < -0.3 is 4.74 Å². The number of hydrogen-bond acceptors (Lipinski definition) is 4. The lowest BCUT2D eigenvalue weighted by Gasteiger charge is -2.26. The van der Waals surface area contributed by atoms with E-state index < -0.39 is 0 Å². The quantitative estimate of drug-likeness (QED) is 0.851. The highest BCUT2D eigenvalue weighted by Gasteiger charge is 2.30. The molecule has 0 unspecified atom stereocenters. The van der Waals surface area contributed by atoms with Crippen LogP contribution < -0.4 is 4.74 Å². The SMILES string of the molecule is COc1ccccc1-n1nc(C2CC2)nc1CN1CCCCC1. The third-order valence-electron chi connectivity index (χ3n) is 4.76. The van der Waals surface area contributed by atoms with Gasteiger partial charge in [-0.1, -0.05) is 18.6 Å². The highest BCUT2D eigenvalue weighted by atomic mass is 16.5. The second-order valence-electron chi connectivity index (χ2n) is 6.58. The third kappa shape index (κ3) is 3.11. The molecule has 1 aliphatic heterocycles. The molecule has 1 aromatic heterocycles. The van der Waals surface area contributed by atoms with Crippen molar-refractivity contribution in [1.29, 1.82) is 0 Å². The third-order valence-corrected chi connectivity index (χ3v) is 4.76. The molecule has 0 bridgehead atoms. The van der Waals surface area contributed by atoms with Crippen LogP contribution in [-0.4, -0.2) is 39.9 Å². The van der Waals surface area contributed by atoms with Gasteiger partial charge in [0.15, 0.2) is 5.82 Å². The van der Waals surface area contributed by atoms with Crippen molar-refractivity contribution in [3.63, 3.8) is 0 Å². The fraction of sp³-hybridized carbons (Fsp3) is 0.556. The molecule has 1 saturated heterocycles. The van der Waals surface area contributed by atoms with E-state index >= 15 is 0 Å². The summed E-state index contributed by atoms with van der Waals surface area (Å²) in [4.78, 5) is 7.37. The molecule has 1 aliphatic carbocycles. The molecule has 2 aliphatic rings. The monoisotopic (exact) mass is 312 g/mol. The van der Waals surface area contributed by atoms with Crippen molar-refractivity contribution in [1.82, 2.24) is 19.7 Å². The molecule has 1 saturated carbocycles. The maximum atomic E-state index is 5.53. The number of likely N-dealkylation sites (tertiary alicyclic amines) is 1. The van der Waals surface area contributed by atoms with Crippen molar-refractivity contribution in [2.45, 2.75) is 44.6 Å². The van der Waals surface area contributed by atoms with E-state index in [4.69, 9.17) is 14.8 Å². The predicted molar refractivity (Wildman–Crippen MR) is 89.0 cm³/mol. The number of ether oxygens (including phenoxy) is 1. The van der Waals surface area contributed by atoms with Gasteiger partial charge >= 0.3 is 0 Å². The molecule has 1 aromatic carbocycles. The normalized spacial score (nSPS) is 19.0. The van der Waals surface area contributed by atoms with Crippen molar-refractivity contribution in [2.24, 2.45) is 0 Å². The number of benzene rings is 1. The first kappa shape index (κ1) is 14.7. The summed E-state index contributed by atoms with van der Waals surface area (Å²) in [7, 11) is 1.71. The summed E-state index contributed by atoms with van der Waals surface area (Å²) < 4.78 is 7.53. The maximum absolute atomic E-state index is 5.53. The van der Waals surface area contributed by atoms with Crippen molar-refractivity contribution in [3.8, 4) is 11.4 Å². The summed E-state index contributed by atoms with van der Waals surface area (Å²) in [5.41, 5.74) is 0.987. The molecule has 0 amide bonds. The van der Waals surface area contributed by atoms with Gasteiger partial charge in [-0.25, -0.2) is 9.67 Å². The standard InChI is InChI=1S/C18H24N4O/c1-23-16-8-4-3-7-15(16)22-17(13-21-11-5-2-6-12-21)19-18(20-22)14-9-10-14/h3-4,7-8,14H,2,5-6,9-13H2,1H3. The Balaban J connectivity index is 1.68. The topological polar surface area (TPSA) is 43.2 Å². The summed E-state index contributed by atoms with van der Waals surface area (Å²) in [6, 6.07) is 8.06. The Morgan fingerprint density at radius 1 is 1.13 bits per heavy atom. The van der Waals surface area contributed by atoms with Crippen LogP contribution in [0.15, 0.2) is 24.3 Å². The second kappa shape index (κ2) is 6.32. The van der Waals surface area contributed by atoms with Gasteiger partial charge in [-0.3, -0.25) is 4.90 Å². The number of hydrogen-bond donors (Lipinski definition) is 0. The highest BCUT2D eigenvalue weighted by molar-refractivity contribution is 5.46. The van der Waals surface area contributed by atoms with E-state index in [-0.39, 0.29) is 0 Å². The van der Waals surface area contributed by atoms with E-state index in [0.717, 1.165) is 42.7 Å². The van der Waals surface area contributed by atoms with Crippen LogP contribution in [-0.2, 0) is 6.54 Å². The molecule has 0 radical (unpaired) electrons. The summed E-state index contributed by atoms with van der Waals surface area (Å²) in [6.45, 7) is 3.20. The molecule has 2 fully saturated rings. The van der Waals surface area contributed by atoms with E-state index in [0.29, 0.717) is 5.92 Å².